The monoisotopic (exact) mass is 388 g/mol. The zero-order chi connectivity index (χ0) is 17.2. The molecule has 1 fully saturated rings. The van der Waals surface area contributed by atoms with E-state index in [0.717, 1.165) is 34.9 Å². The molecule has 1 amide bonds. The second-order valence-corrected chi connectivity index (χ2v) is 6.97. The first-order valence-electron chi connectivity index (χ1n) is 8.55. The van der Waals surface area contributed by atoms with Crippen molar-refractivity contribution in [1.82, 2.24) is 5.32 Å². The van der Waals surface area contributed by atoms with Gasteiger partial charge in [-0.15, -0.1) is 12.4 Å². The molecular formula is C18H29ClN2O3S. The van der Waals surface area contributed by atoms with Gasteiger partial charge in [0.2, 0.25) is 5.91 Å². The summed E-state index contributed by atoms with van der Waals surface area (Å²) in [5, 5.41) is 6.43. The lowest BCUT2D eigenvalue weighted by Gasteiger charge is -2.22. The van der Waals surface area contributed by atoms with E-state index < -0.39 is 0 Å². The molecule has 1 unspecified atom stereocenters. The SMILES string of the molecule is CCOCCOCc1cccc(NC(=O)CC2CSCCN2)c1C.Cl. The molecule has 0 aliphatic carbocycles. The van der Waals surface area contributed by atoms with Crippen LogP contribution in [-0.2, 0) is 20.9 Å². The maximum absolute atomic E-state index is 12.3. The van der Waals surface area contributed by atoms with Crippen molar-refractivity contribution in [2.75, 3.05) is 43.2 Å². The molecule has 2 rings (SSSR count). The van der Waals surface area contributed by atoms with Crippen molar-refractivity contribution >= 4 is 35.8 Å². The van der Waals surface area contributed by atoms with Crippen LogP contribution in [-0.4, -0.2) is 49.8 Å². The van der Waals surface area contributed by atoms with Crippen LogP contribution in [0.5, 0.6) is 0 Å². The summed E-state index contributed by atoms with van der Waals surface area (Å²) in [5.74, 6) is 2.19. The number of hydrogen-bond acceptors (Lipinski definition) is 5. The van der Waals surface area contributed by atoms with Gasteiger partial charge in [-0.25, -0.2) is 0 Å². The van der Waals surface area contributed by atoms with Crippen molar-refractivity contribution in [2.45, 2.75) is 32.9 Å². The van der Waals surface area contributed by atoms with Gasteiger partial charge in [0.1, 0.15) is 0 Å². The van der Waals surface area contributed by atoms with E-state index in [2.05, 4.69) is 10.6 Å². The molecule has 1 aromatic rings. The van der Waals surface area contributed by atoms with Gasteiger partial charge in [-0.2, -0.15) is 11.8 Å². The van der Waals surface area contributed by atoms with E-state index in [9.17, 15) is 4.79 Å². The second kappa shape index (κ2) is 12.5. The molecule has 7 heteroatoms. The number of rotatable bonds is 9. The van der Waals surface area contributed by atoms with Crippen molar-refractivity contribution in [1.29, 1.82) is 0 Å². The van der Waals surface area contributed by atoms with Crippen molar-refractivity contribution in [3.63, 3.8) is 0 Å². The average molecular weight is 389 g/mol. The third-order valence-electron chi connectivity index (χ3n) is 3.98. The van der Waals surface area contributed by atoms with Gasteiger partial charge in [0.05, 0.1) is 19.8 Å². The third kappa shape index (κ3) is 7.96. The Kier molecular flexibility index (Phi) is 11.2. The van der Waals surface area contributed by atoms with E-state index in [0.29, 0.717) is 32.8 Å². The first-order chi connectivity index (χ1) is 11.7. The van der Waals surface area contributed by atoms with Gasteiger partial charge in [0.15, 0.2) is 0 Å². The lowest BCUT2D eigenvalue weighted by Crippen LogP contribution is -2.39. The molecule has 1 saturated heterocycles. The molecule has 1 aliphatic rings. The van der Waals surface area contributed by atoms with Crippen LogP contribution in [0, 0.1) is 6.92 Å². The summed E-state index contributed by atoms with van der Waals surface area (Å²) in [6.45, 7) is 7.40. The van der Waals surface area contributed by atoms with E-state index in [-0.39, 0.29) is 24.4 Å². The first kappa shape index (κ1) is 22.3. The normalized spacial score (nSPS) is 17.0. The smallest absolute Gasteiger partial charge is 0.225 e. The molecule has 25 heavy (non-hydrogen) atoms. The van der Waals surface area contributed by atoms with Crippen LogP contribution in [0.3, 0.4) is 0 Å². The van der Waals surface area contributed by atoms with Gasteiger partial charge in [0.25, 0.3) is 0 Å². The fourth-order valence-corrected chi connectivity index (χ4v) is 3.54. The van der Waals surface area contributed by atoms with Crippen molar-refractivity contribution in [3.8, 4) is 0 Å². The quantitative estimate of drug-likeness (QED) is 0.637. The van der Waals surface area contributed by atoms with Gasteiger partial charge >= 0.3 is 0 Å². The summed E-state index contributed by atoms with van der Waals surface area (Å²) in [6.07, 6.45) is 0.515. The Hall–Kier alpha value is -0.790. The molecule has 0 aromatic heterocycles. The Balaban J connectivity index is 0.00000312. The van der Waals surface area contributed by atoms with Crippen LogP contribution < -0.4 is 10.6 Å². The maximum atomic E-state index is 12.3. The molecule has 2 N–H and O–H groups in total. The molecule has 1 aromatic carbocycles. The zero-order valence-corrected chi connectivity index (χ0v) is 16.6. The second-order valence-electron chi connectivity index (χ2n) is 5.82. The summed E-state index contributed by atoms with van der Waals surface area (Å²) >= 11 is 1.90. The molecule has 0 bridgehead atoms. The number of benzene rings is 1. The fraction of sp³-hybridized carbons (Fsp3) is 0.611. The number of anilines is 1. The average Bonchev–Trinajstić information content (AvgIpc) is 2.58. The highest BCUT2D eigenvalue weighted by molar-refractivity contribution is 7.99. The van der Waals surface area contributed by atoms with Crippen molar-refractivity contribution in [2.24, 2.45) is 0 Å². The number of amides is 1. The van der Waals surface area contributed by atoms with E-state index >= 15 is 0 Å². The summed E-state index contributed by atoms with van der Waals surface area (Å²) in [4.78, 5) is 12.3. The minimum atomic E-state index is 0. The summed E-state index contributed by atoms with van der Waals surface area (Å²) in [7, 11) is 0. The Labute approximate surface area is 161 Å². The predicted molar refractivity (Wildman–Crippen MR) is 107 cm³/mol. The fourth-order valence-electron chi connectivity index (χ4n) is 2.60. The Morgan fingerprint density at radius 2 is 2.16 bits per heavy atom. The van der Waals surface area contributed by atoms with Crippen molar-refractivity contribution in [3.05, 3.63) is 29.3 Å². The van der Waals surface area contributed by atoms with Crippen LogP contribution >= 0.6 is 24.2 Å². The largest absolute Gasteiger partial charge is 0.379 e. The lowest BCUT2D eigenvalue weighted by atomic mass is 10.1. The molecule has 5 nitrogen and oxygen atoms in total. The van der Waals surface area contributed by atoms with Gasteiger partial charge in [-0.05, 0) is 31.0 Å². The summed E-state index contributed by atoms with van der Waals surface area (Å²) in [6, 6.07) is 6.21. The topological polar surface area (TPSA) is 59.6 Å². The molecule has 1 atom stereocenters. The number of hydrogen-bond donors (Lipinski definition) is 2. The summed E-state index contributed by atoms with van der Waals surface area (Å²) < 4.78 is 10.9. The molecule has 0 spiro atoms. The van der Waals surface area contributed by atoms with Crippen molar-refractivity contribution < 1.29 is 14.3 Å². The molecule has 1 heterocycles. The number of carbonyl (C=O) groups excluding carboxylic acids is 1. The van der Waals surface area contributed by atoms with Crippen LogP contribution in [0.15, 0.2) is 18.2 Å². The van der Waals surface area contributed by atoms with E-state index in [4.69, 9.17) is 9.47 Å². The predicted octanol–water partition coefficient (Wildman–Crippen LogP) is 3.00. The number of thioether (sulfide) groups is 1. The number of ether oxygens (including phenoxy) is 2. The first-order valence-corrected chi connectivity index (χ1v) is 9.71. The van der Waals surface area contributed by atoms with Crippen LogP contribution in [0.25, 0.3) is 0 Å². The minimum Gasteiger partial charge on any atom is -0.379 e. The number of carbonyl (C=O) groups is 1. The van der Waals surface area contributed by atoms with E-state index in [1.54, 1.807) is 0 Å². The molecule has 142 valence electrons. The molecule has 0 radical (unpaired) electrons. The zero-order valence-electron chi connectivity index (χ0n) is 15.0. The van der Waals surface area contributed by atoms with Crippen LogP contribution in [0.4, 0.5) is 5.69 Å². The molecule has 1 aliphatic heterocycles. The van der Waals surface area contributed by atoms with Gasteiger partial charge in [0, 0.05) is 42.8 Å². The number of halogens is 1. The van der Waals surface area contributed by atoms with E-state index in [1.165, 1.54) is 0 Å². The highest BCUT2D eigenvalue weighted by Crippen LogP contribution is 2.20. The third-order valence-corrected chi connectivity index (χ3v) is 5.11. The van der Waals surface area contributed by atoms with Gasteiger partial charge < -0.3 is 20.1 Å². The standard InChI is InChI=1S/C18H28N2O3S.ClH/c1-3-22-8-9-23-12-15-5-4-6-17(14(15)2)20-18(21)11-16-13-24-10-7-19-16;/h4-6,16,19H,3,7-13H2,1-2H3,(H,20,21);1H. The van der Waals surface area contributed by atoms with Crippen LogP contribution in [0.1, 0.15) is 24.5 Å². The molecular weight excluding hydrogens is 360 g/mol. The van der Waals surface area contributed by atoms with Gasteiger partial charge in [-0.3, -0.25) is 4.79 Å². The minimum absolute atomic E-state index is 0. The van der Waals surface area contributed by atoms with Crippen LogP contribution in [0.2, 0.25) is 0 Å². The molecule has 0 saturated carbocycles. The maximum Gasteiger partial charge on any atom is 0.225 e. The number of nitrogens with one attached hydrogen (secondary N) is 2. The summed E-state index contributed by atoms with van der Waals surface area (Å²) in [5.41, 5.74) is 3.03. The Morgan fingerprint density at radius 1 is 1.36 bits per heavy atom. The highest BCUT2D eigenvalue weighted by atomic mass is 35.5. The Bertz CT molecular complexity index is 525. The lowest BCUT2D eigenvalue weighted by molar-refractivity contribution is -0.116. The Morgan fingerprint density at radius 3 is 2.88 bits per heavy atom. The highest BCUT2D eigenvalue weighted by Gasteiger charge is 2.17. The van der Waals surface area contributed by atoms with Gasteiger partial charge in [-0.1, -0.05) is 12.1 Å². The van der Waals surface area contributed by atoms with E-state index in [1.807, 2.05) is 43.8 Å².